The highest BCUT2D eigenvalue weighted by Gasteiger charge is 2.36. The molecule has 0 aromatic heterocycles. The lowest BCUT2D eigenvalue weighted by Gasteiger charge is -2.20. The molecule has 2 atom stereocenters. The molecule has 0 aromatic carbocycles. The number of alkyl halides is 1. The maximum atomic E-state index is 13.3. The van der Waals surface area contributed by atoms with Crippen molar-refractivity contribution in [1.29, 1.82) is 0 Å². The highest BCUT2D eigenvalue weighted by molar-refractivity contribution is 5.77. The highest BCUT2D eigenvalue weighted by Crippen LogP contribution is 2.29. The van der Waals surface area contributed by atoms with Crippen molar-refractivity contribution < 1.29 is 18.3 Å². The van der Waals surface area contributed by atoms with Crippen LogP contribution in [0.25, 0.3) is 0 Å². The van der Waals surface area contributed by atoms with Crippen LogP contribution in [0.5, 0.6) is 0 Å². The third kappa shape index (κ3) is 1.76. The molecule has 0 N–H and O–H groups in total. The second-order valence-corrected chi connectivity index (χ2v) is 2.86. The molecule has 0 saturated carbocycles. The minimum atomic E-state index is -1.61. The Labute approximate surface area is 74.9 Å². The molecule has 0 spiro atoms. The molecule has 0 fully saturated rings. The molecule has 0 radical (unpaired) electrons. The molecule has 0 aliphatic heterocycles. The average Bonchev–Trinajstić information content (AvgIpc) is 2.12. The summed E-state index contributed by atoms with van der Waals surface area (Å²) in [5, 5.41) is 0. The van der Waals surface area contributed by atoms with E-state index in [9.17, 15) is 13.6 Å². The Morgan fingerprint density at radius 3 is 2.69 bits per heavy atom. The maximum absolute atomic E-state index is 13.3. The lowest BCUT2D eigenvalue weighted by atomic mass is 9.92. The van der Waals surface area contributed by atoms with Crippen molar-refractivity contribution in [3.63, 3.8) is 0 Å². The van der Waals surface area contributed by atoms with Crippen molar-refractivity contribution in [3.05, 3.63) is 23.6 Å². The van der Waals surface area contributed by atoms with Crippen LogP contribution in [0, 0.1) is 5.92 Å². The summed E-state index contributed by atoms with van der Waals surface area (Å²) in [6.45, 7) is 1.50. The van der Waals surface area contributed by atoms with E-state index in [0.29, 0.717) is 5.57 Å². The number of allylic oxidation sites excluding steroid dienone is 3. The van der Waals surface area contributed by atoms with Crippen LogP contribution >= 0.6 is 0 Å². The zero-order chi connectivity index (χ0) is 10.0. The van der Waals surface area contributed by atoms with Gasteiger partial charge >= 0.3 is 5.97 Å². The van der Waals surface area contributed by atoms with Gasteiger partial charge < -0.3 is 4.74 Å². The molecule has 0 aromatic rings. The summed E-state index contributed by atoms with van der Waals surface area (Å²) < 4.78 is 30.6. The first-order valence-electron chi connectivity index (χ1n) is 3.83. The van der Waals surface area contributed by atoms with Crippen molar-refractivity contribution in [3.8, 4) is 0 Å². The van der Waals surface area contributed by atoms with Crippen LogP contribution in [0.2, 0.25) is 0 Å². The number of methoxy groups -OCH3 is 1. The van der Waals surface area contributed by atoms with E-state index in [4.69, 9.17) is 0 Å². The van der Waals surface area contributed by atoms with E-state index in [1.807, 2.05) is 0 Å². The van der Waals surface area contributed by atoms with Gasteiger partial charge in [-0.05, 0) is 18.6 Å². The highest BCUT2D eigenvalue weighted by atomic mass is 19.1. The maximum Gasteiger partial charge on any atom is 0.318 e. The largest absolute Gasteiger partial charge is 0.468 e. The fraction of sp³-hybridized carbons (Fsp3) is 0.444. The van der Waals surface area contributed by atoms with Gasteiger partial charge in [-0.3, -0.25) is 4.79 Å². The summed E-state index contributed by atoms with van der Waals surface area (Å²) in [6.07, 6.45) is 0.796. The van der Waals surface area contributed by atoms with E-state index in [1.165, 1.54) is 13.0 Å². The summed E-state index contributed by atoms with van der Waals surface area (Å²) in [5.74, 6) is -3.09. The molecule has 0 bridgehead atoms. The van der Waals surface area contributed by atoms with Gasteiger partial charge in [0.2, 0.25) is 0 Å². The molecule has 2 unspecified atom stereocenters. The molecule has 1 aliphatic rings. The van der Waals surface area contributed by atoms with Gasteiger partial charge in [-0.25, -0.2) is 8.78 Å². The molecule has 1 aliphatic carbocycles. The number of carbonyl (C=O) groups is 1. The number of hydrogen-bond donors (Lipinski definition) is 0. The normalized spacial score (nSPS) is 27.7. The third-order valence-corrected chi connectivity index (χ3v) is 1.99. The van der Waals surface area contributed by atoms with E-state index in [0.717, 1.165) is 13.2 Å². The summed E-state index contributed by atoms with van der Waals surface area (Å²) >= 11 is 0. The number of carbonyl (C=O) groups excluding carboxylic acids is 1. The van der Waals surface area contributed by atoms with Crippen LogP contribution in [-0.4, -0.2) is 19.3 Å². The molecule has 0 amide bonds. The molecule has 4 heteroatoms. The summed E-state index contributed by atoms with van der Waals surface area (Å²) in [7, 11) is 1.11. The van der Waals surface area contributed by atoms with Gasteiger partial charge in [0.15, 0.2) is 0 Å². The van der Waals surface area contributed by atoms with Gasteiger partial charge in [0.05, 0.1) is 7.11 Å². The summed E-state index contributed by atoms with van der Waals surface area (Å²) in [5.41, 5.74) is 0.330. The second kappa shape index (κ2) is 3.68. The molecule has 2 nitrogen and oxygen atoms in total. The van der Waals surface area contributed by atoms with Gasteiger partial charge in [-0.15, -0.1) is 0 Å². The van der Waals surface area contributed by atoms with E-state index >= 15 is 0 Å². The Morgan fingerprint density at radius 2 is 2.15 bits per heavy atom. The lowest BCUT2D eigenvalue weighted by Crippen LogP contribution is -2.29. The zero-order valence-electron chi connectivity index (χ0n) is 7.38. The number of esters is 1. The Kier molecular flexibility index (Phi) is 2.80. The standard InChI is InChI=1S/C9H10F2O2/c1-5-3-4-6(10)7(8(5)11)9(12)13-2/h3-4,7-8H,1-2H3. The minimum Gasteiger partial charge on any atom is -0.468 e. The Hall–Kier alpha value is -1.19. The van der Waals surface area contributed by atoms with Crippen LogP contribution in [0.4, 0.5) is 8.78 Å². The Morgan fingerprint density at radius 1 is 1.54 bits per heavy atom. The molecule has 0 saturated heterocycles. The quantitative estimate of drug-likeness (QED) is 0.588. The van der Waals surface area contributed by atoms with E-state index in [-0.39, 0.29) is 0 Å². The fourth-order valence-electron chi connectivity index (χ4n) is 1.17. The molecule has 72 valence electrons. The van der Waals surface area contributed by atoms with Gasteiger partial charge in [0.1, 0.15) is 17.9 Å². The van der Waals surface area contributed by atoms with Gasteiger partial charge in [0, 0.05) is 0 Å². The van der Waals surface area contributed by atoms with Crippen molar-refractivity contribution in [2.75, 3.05) is 7.11 Å². The van der Waals surface area contributed by atoms with Gasteiger partial charge in [0.25, 0.3) is 0 Å². The predicted octanol–water partition coefficient (Wildman–Crippen LogP) is 1.93. The molecule has 0 heterocycles. The van der Waals surface area contributed by atoms with Gasteiger partial charge in [-0.2, -0.15) is 0 Å². The monoisotopic (exact) mass is 188 g/mol. The van der Waals surface area contributed by atoms with Crippen LogP contribution in [0.1, 0.15) is 6.92 Å². The first-order valence-corrected chi connectivity index (χ1v) is 3.83. The van der Waals surface area contributed by atoms with Crippen LogP contribution in [0.3, 0.4) is 0 Å². The molecular formula is C9H10F2O2. The first kappa shape index (κ1) is 9.89. The topological polar surface area (TPSA) is 26.3 Å². The van der Waals surface area contributed by atoms with Crippen molar-refractivity contribution >= 4 is 5.97 Å². The first-order chi connectivity index (χ1) is 6.07. The van der Waals surface area contributed by atoms with Crippen LogP contribution < -0.4 is 0 Å². The minimum absolute atomic E-state index is 0.330. The van der Waals surface area contributed by atoms with E-state index in [1.54, 1.807) is 0 Å². The zero-order valence-corrected chi connectivity index (χ0v) is 7.38. The predicted molar refractivity (Wildman–Crippen MR) is 43.4 cm³/mol. The van der Waals surface area contributed by atoms with E-state index < -0.39 is 23.9 Å². The summed E-state index contributed by atoms with van der Waals surface area (Å²) in [4.78, 5) is 11.0. The second-order valence-electron chi connectivity index (χ2n) is 2.86. The lowest BCUT2D eigenvalue weighted by molar-refractivity contribution is -0.146. The van der Waals surface area contributed by atoms with Crippen LogP contribution in [0.15, 0.2) is 23.6 Å². The Bertz CT molecular complexity index is 281. The number of hydrogen-bond acceptors (Lipinski definition) is 2. The Balaban J connectivity index is 2.92. The summed E-state index contributed by atoms with van der Waals surface area (Å²) in [6, 6.07) is 0. The number of ether oxygens (including phenoxy) is 1. The fourth-order valence-corrected chi connectivity index (χ4v) is 1.17. The smallest absolute Gasteiger partial charge is 0.318 e. The molecule has 1 rings (SSSR count). The number of rotatable bonds is 1. The SMILES string of the molecule is COC(=O)C1C(F)=CC=C(C)C1F. The number of halogens is 2. The van der Waals surface area contributed by atoms with Gasteiger partial charge in [-0.1, -0.05) is 6.08 Å². The van der Waals surface area contributed by atoms with Crippen molar-refractivity contribution in [1.82, 2.24) is 0 Å². The third-order valence-electron chi connectivity index (χ3n) is 1.99. The van der Waals surface area contributed by atoms with Crippen molar-refractivity contribution in [2.45, 2.75) is 13.1 Å². The molecular weight excluding hydrogens is 178 g/mol. The van der Waals surface area contributed by atoms with E-state index in [2.05, 4.69) is 4.74 Å². The molecule has 13 heavy (non-hydrogen) atoms. The van der Waals surface area contributed by atoms with Crippen molar-refractivity contribution in [2.24, 2.45) is 5.92 Å². The van der Waals surface area contributed by atoms with Crippen LogP contribution in [-0.2, 0) is 9.53 Å². The average molecular weight is 188 g/mol.